The average Bonchev–Trinajstić information content (AvgIpc) is 3.85. The number of esters is 2. The molecule has 3 rings (SSSR count). The van der Waals surface area contributed by atoms with Gasteiger partial charge in [0.1, 0.15) is 23.9 Å². The second kappa shape index (κ2) is 17.9. The van der Waals surface area contributed by atoms with Crippen LogP contribution in [0.15, 0.2) is 59.0 Å². The van der Waals surface area contributed by atoms with Crippen LogP contribution in [-0.4, -0.2) is 96.7 Å². The summed E-state index contributed by atoms with van der Waals surface area (Å²) >= 11 is 0. The summed E-state index contributed by atoms with van der Waals surface area (Å²) in [5.74, 6) is -4.59. The summed E-state index contributed by atoms with van der Waals surface area (Å²) in [6, 6.07) is 0.851. The maximum absolute atomic E-state index is 14.0. The van der Waals surface area contributed by atoms with E-state index in [1.165, 1.54) is 39.0 Å². The van der Waals surface area contributed by atoms with Crippen LogP contribution in [0.5, 0.6) is 0 Å². The first-order chi connectivity index (χ1) is 24.1. The summed E-state index contributed by atoms with van der Waals surface area (Å²) in [6.07, 6.45) is 3.28. The van der Waals surface area contributed by atoms with Crippen molar-refractivity contribution in [2.75, 3.05) is 7.11 Å². The Morgan fingerprint density at radius 2 is 1.88 bits per heavy atom. The Hall–Kier alpha value is -3.05. The SMILES string of the molecule is CC[C@H](OC)[C@@H](C)C1O[C@@H]1C(NS(=O)(=O)c1ccc(F)c(F)c1)C(C)(O)C=CC=C(C)C1OC(=O)C[C@H](O)CCC(C)(O)[C@@H](OC(C)=O)C=C[C@@H]1C. The predicted molar refractivity (Wildman–Crippen MR) is 187 cm³/mol. The second-order valence-corrected chi connectivity index (χ2v) is 15.9. The highest BCUT2D eigenvalue weighted by Crippen LogP contribution is 2.39. The van der Waals surface area contributed by atoms with Gasteiger partial charge in [-0.05, 0) is 69.9 Å². The van der Waals surface area contributed by atoms with Crippen molar-refractivity contribution in [3.05, 3.63) is 65.8 Å². The van der Waals surface area contributed by atoms with Gasteiger partial charge in [0.25, 0.3) is 0 Å². The number of cyclic esters (lactones) is 1. The Morgan fingerprint density at radius 1 is 1.21 bits per heavy atom. The lowest BCUT2D eigenvalue weighted by Crippen LogP contribution is -2.54. The number of epoxide rings is 1. The van der Waals surface area contributed by atoms with E-state index < -0.39 is 92.2 Å². The van der Waals surface area contributed by atoms with E-state index in [0.717, 1.165) is 6.07 Å². The van der Waals surface area contributed by atoms with Crippen LogP contribution >= 0.6 is 0 Å². The lowest BCUT2D eigenvalue weighted by molar-refractivity contribution is -0.157. The van der Waals surface area contributed by atoms with Crippen LogP contribution < -0.4 is 4.72 Å². The molecule has 0 amide bonds. The number of allylic oxidation sites excluding steroid dienone is 2. The number of carbonyl (C=O) groups is 2. The molecule has 2 aliphatic rings. The zero-order valence-electron chi connectivity index (χ0n) is 30.9. The summed E-state index contributed by atoms with van der Waals surface area (Å²) in [7, 11) is -2.94. The van der Waals surface area contributed by atoms with Gasteiger partial charge in [-0.25, -0.2) is 21.9 Å². The topological polar surface area (TPSA) is 181 Å². The van der Waals surface area contributed by atoms with Gasteiger partial charge in [0.15, 0.2) is 11.6 Å². The summed E-state index contributed by atoms with van der Waals surface area (Å²) in [5.41, 5.74) is -2.95. The Bertz CT molecular complexity index is 1610. The molecule has 1 aromatic carbocycles. The number of methoxy groups -OCH3 is 1. The second-order valence-electron chi connectivity index (χ2n) is 14.2. The fraction of sp³-hybridized carbons (Fsp3) is 0.622. The van der Waals surface area contributed by atoms with Crippen molar-refractivity contribution in [3.63, 3.8) is 0 Å². The first-order valence-corrected chi connectivity index (χ1v) is 18.8. The van der Waals surface area contributed by atoms with Crippen molar-refractivity contribution in [2.24, 2.45) is 11.8 Å². The van der Waals surface area contributed by atoms with Gasteiger partial charge < -0.3 is 34.3 Å². The summed E-state index contributed by atoms with van der Waals surface area (Å²) in [4.78, 5) is 24.1. The van der Waals surface area contributed by atoms with Gasteiger partial charge in [0.05, 0.1) is 41.3 Å². The van der Waals surface area contributed by atoms with E-state index in [2.05, 4.69) is 4.72 Å². The molecule has 5 unspecified atom stereocenters. The maximum Gasteiger partial charge on any atom is 0.309 e. The lowest BCUT2D eigenvalue weighted by atomic mass is 9.87. The molecule has 292 valence electrons. The summed E-state index contributed by atoms with van der Waals surface area (Å²) < 4.78 is 79.5. The van der Waals surface area contributed by atoms with Crippen molar-refractivity contribution in [1.29, 1.82) is 0 Å². The molecule has 2 heterocycles. The van der Waals surface area contributed by atoms with Crippen LogP contribution in [0.4, 0.5) is 8.78 Å². The Balaban J connectivity index is 1.96. The minimum atomic E-state index is -4.50. The van der Waals surface area contributed by atoms with Gasteiger partial charge in [-0.15, -0.1) is 0 Å². The minimum absolute atomic E-state index is 0.0382. The average molecular weight is 758 g/mol. The number of rotatable bonds is 13. The molecule has 4 N–H and O–H groups in total. The number of carbonyl (C=O) groups excluding carboxylic acids is 2. The quantitative estimate of drug-likeness (QED) is 0.0988. The van der Waals surface area contributed by atoms with Gasteiger partial charge in [0, 0.05) is 25.9 Å². The monoisotopic (exact) mass is 757 g/mol. The number of benzene rings is 1. The molecule has 0 spiro atoms. The normalized spacial score (nSPS) is 30.7. The number of hydrogen-bond acceptors (Lipinski definition) is 11. The van der Waals surface area contributed by atoms with Crippen LogP contribution in [-0.2, 0) is 38.6 Å². The molecule has 12 nitrogen and oxygen atoms in total. The molecule has 11 atom stereocenters. The maximum atomic E-state index is 14.0. The first kappa shape index (κ1) is 43.4. The Morgan fingerprint density at radius 3 is 2.48 bits per heavy atom. The van der Waals surface area contributed by atoms with Crippen LogP contribution in [0.1, 0.15) is 74.1 Å². The highest BCUT2D eigenvalue weighted by atomic mass is 32.2. The number of nitrogens with one attached hydrogen (secondary N) is 1. The van der Waals surface area contributed by atoms with E-state index >= 15 is 0 Å². The Kier molecular flexibility index (Phi) is 14.9. The standard InChI is InChI=1S/C37H53F2NO11S/c1-9-29(48-8)23(4)33-34(51-33)35(40-52(46,47)26-13-14-27(38)28(39)20-26)37(7,45)17-10-11-21(2)32-22(3)12-15-30(49-24(5)41)36(6,44)18-16-25(42)19-31(43)50-32/h10-15,17,20,22-23,25,29-30,32-35,40,42,44-45H,9,16,18-19H2,1-8H3/t22-,23+,25+,29-,30-,32?,33?,34-,35?,36?,37?/m0/s1. The predicted octanol–water partition coefficient (Wildman–Crippen LogP) is 4.03. The molecule has 2 aliphatic heterocycles. The van der Waals surface area contributed by atoms with E-state index in [0.29, 0.717) is 24.1 Å². The molecular weight excluding hydrogens is 704 g/mol. The fourth-order valence-electron chi connectivity index (χ4n) is 6.41. The van der Waals surface area contributed by atoms with Gasteiger partial charge in [0.2, 0.25) is 10.0 Å². The van der Waals surface area contributed by atoms with E-state index in [-0.39, 0.29) is 31.3 Å². The Labute approximate surface area is 304 Å². The third-order valence-corrected chi connectivity index (χ3v) is 11.1. The van der Waals surface area contributed by atoms with Gasteiger partial charge >= 0.3 is 11.9 Å². The molecule has 0 aromatic heterocycles. The molecule has 0 bridgehead atoms. The van der Waals surface area contributed by atoms with Crippen LogP contribution in [0.25, 0.3) is 0 Å². The van der Waals surface area contributed by atoms with E-state index in [1.54, 1.807) is 33.1 Å². The van der Waals surface area contributed by atoms with Gasteiger partial charge in [-0.1, -0.05) is 45.1 Å². The zero-order valence-corrected chi connectivity index (χ0v) is 31.7. The molecule has 1 aromatic rings. The smallest absolute Gasteiger partial charge is 0.309 e. The van der Waals surface area contributed by atoms with Crippen molar-refractivity contribution in [3.8, 4) is 0 Å². The molecule has 52 heavy (non-hydrogen) atoms. The minimum Gasteiger partial charge on any atom is -0.457 e. The lowest BCUT2D eigenvalue weighted by Gasteiger charge is -2.32. The van der Waals surface area contributed by atoms with E-state index in [4.69, 9.17) is 18.9 Å². The number of halogens is 2. The third-order valence-electron chi connectivity index (χ3n) is 9.67. The molecule has 0 radical (unpaired) electrons. The van der Waals surface area contributed by atoms with E-state index in [1.807, 2.05) is 13.8 Å². The number of sulfonamides is 1. The summed E-state index contributed by atoms with van der Waals surface area (Å²) in [5, 5.41) is 33.3. The molecule has 0 aliphatic carbocycles. The largest absolute Gasteiger partial charge is 0.457 e. The first-order valence-electron chi connectivity index (χ1n) is 17.3. The van der Waals surface area contributed by atoms with Crippen molar-refractivity contribution >= 4 is 22.0 Å². The molecule has 15 heteroatoms. The molecule has 1 fully saturated rings. The van der Waals surface area contributed by atoms with E-state index in [9.17, 15) is 42.1 Å². The molecule has 0 saturated carbocycles. The number of aliphatic hydroxyl groups is 3. The van der Waals surface area contributed by atoms with Crippen LogP contribution in [0, 0.1) is 23.5 Å². The van der Waals surface area contributed by atoms with Gasteiger partial charge in [-0.3, -0.25) is 9.59 Å². The van der Waals surface area contributed by atoms with Crippen LogP contribution in [0.2, 0.25) is 0 Å². The highest BCUT2D eigenvalue weighted by molar-refractivity contribution is 7.89. The number of aliphatic hydroxyl groups excluding tert-OH is 1. The third kappa shape index (κ3) is 11.5. The molecular formula is C37H53F2NO11S. The fourth-order valence-corrected chi connectivity index (χ4v) is 7.76. The highest BCUT2D eigenvalue weighted by Gasteiger charge is 2.55. The van der Waals surface area contributed by atoms with Crippen molar-refractivity contribution in [2.45, 2.75) is 133 Å². The van der Waals surface area contributed by atoms with Gasteiger partial charge in [-0.2, -0.15) is 0 Å². The molecule has 1 saturated heterocycles. The van der Waals surface area contributed by atoms with Crippen molar-refractivity contribution in [1.82, 2.24) is 4.72 Å². The number of hydrogen-bond donors (Lipinski definition) is 4. The zero-order chi connectivity index (χ0) is 39.2. The van der Waals surface area contributed by atoms with Crippen LogP contribution in [0.3, 0.4) is 0 Å². The summed E-state index contributed by atoms with van der Waals surface area (Å²) in [6.45, 7) is 11.3. The number of ether oxygens (including phenoxy) is 4. The van der Waals surface area contributed by atoms with Crippen molar-refractivity contribution < 1.29 is 61.1 Å².